The van der Waals surface area contributed by atoms with E-state index in [9.17, 15) is 8.42 Å². The average molecular weight is 306 g/mol. The van der Waals surface area contributed by atoms with Crippen LogP contribution in [0.5, 0.6) is 0 Å². The summed E-state index contributed by atoms with van der Waals surface area (Å²) in [5.41, 5.74) is 6.52. The molecule has 0 aliphatic carbocycles. The van der Waals surface area contributed by atoms with Gasteiger partial charge < -0.3 is 10.5 Å². The van der Waals surface area contributed by atoms with Gasteiger partial charge in [-0.05, 0) is 18.6 Å². The smallest absolute Gasteiger partial charge is 0.243 e. The van der Waals surface area contributed by atoms with Crippen molar-refractivity contribution in [2.24, 2.45) is 0 Å². The zero-order chi connectivity index (χ0) is 15.0. The highest BCUT2D eigenvalue weighted by molar-refractivity contribution is 7.89. The van der Waals surface area contributed by atoms with Crippen LogP contribution in [0, 0.1) is 0 Å². The third kappa shape index (κ3) is 2.39. The van der Waals surface area contributed by atoms with Gasteiger partial charge in [-0.15, -0.1) is 0 Å². The van der Waals surface area contributed by atoms with Crippen molar-refractivity contribution in [1.82, 2.24) is 4.31 Å². The molecule has 1 unspecified atom stereocenters. The van der Waals surface area contributed by atoms with E-state index in [2.05, 4.69) is 0 Å². The molecule has 0 radical (unpaired) electrons. The predicted molar refractivity (Wildman–Crippen MR) is 82.5 cm³/mol. The maximum absolute atomic E-state index is 12.9. The Balaban J connectivity index is 2.10. The van der Waals surface area contributed by atoms with Crippen molar-refractivity contribution in [3.8, 4) is 0 Å². The number of hydrogen-bond acceptors (Lipinski definition) is 4. The van der Waals surface area contributed by atoms with Crippen LogP contribution in [0.4, 0.5) is 5.69 Å². The lowest BCUT2D eigenvalue weighted by Crippen LogP contribution is -2.30. The van der Waals surface area contributed by atoms with Crippen molar-refractivity contribution < 1.29 is 13.2 Å². The third-order valence-corrected chi connectivity index (χ3v) is 5.90. The van der Waals surface area contributed by atoms with Crippen molar-refractivity contribution in [1.29, 1.82) is 0 Å². The number of anilines is 1. The number of nitrogens with zero attached hydrogens (tertiary/aromatic N) is 1. The number of sulfonamides is 1. The maximum Gasteiger partial charge on any atom is 0.243 e. The standard InChI is InChI=1S/C15H18N2O3S/c1-20-11-8-9-17(10-11)21(18,19)15-7-6-14(16)12-4-2-3-5-13(12)15/h2-7,11H,8-10,16H2,1H3. The average Bonchev–Trinajstić information content (AvgIpc) is 2.97. The van der Waals surface area contributed by atoms with E-state index in [4.69, 9.17) is 10.5 Å². The number of nitrogen functional groups attached to an aromatic ring is 1. The van der Waals surface area contributed by atoms with Crippen molar-refractivity contribution in [3.63, 3.8) is 0 Å². The Hall–Kier alpha value is -1.63. The second kappa shape index (κ2) is 5.29. The van der Waals surface area contributed by atoms with Gasteiger partial charge in [0.15, 0.2) is 0 Å². The highest BCUT2D eigenvalue weighted by atomic mass is 32.2. The maximum atomic E-state index is 12.9. The van der Waals surface area contributed by atoms with E-state index in [1.54, 1.807) is 25.3 Å². The third-order valence-electron chi connectivity index (χ3n) is 3.98. The molecule has 6 heteroatoms. The molecule has 3 rings (SSSR count). The van der Waals surface area contributed by atoms with E-state index in [-0.39, 0.29) is 6.10 Å². The summed E-state index contributed by atoms with van der Waals surface area (Å²) in [5, 5.41) is 1.43. The molecular formula is C15H18N2O3S. The summed E-state index contributed by atoms with van der Waals surface area (Å²) in [5.74, 6) is 0. The molecule has 1 fully saturated rings. The summed E-state index contributed by atoms with van der Waals surface area (Å²) in [6.45, 7) is 0.886. The number of rotatable bonds is 3. The Bertz CT molecular complexity index is 774. The lowest BCUT2D eigenvalue weighted by atomic mass is 10.1. The summed E-state index contributed by atoms with van der Waals surface area (Å²) in [6.07, 6.45) is 0.697. The molecule has 0 aromatic heterocycles. The number of ether oxygens (including phenoxy) is 1. The molecular weight excluding hydrogens is 288 g/mol. The summed E-state index contributed by atoms with van der Waals surface area (Å²) < 4.78 is 32.4. The first kappa shape index (κ1) is 14.3. The first-order valence-electron chi connectivity index (χ1n) is 6.84. The molecule has 0 spiro atoms. The van der Waals surface area contributed by atoms with E-state index in [1.165, 1.54) is 4.31 Å². The number of fused-ring (bicyclic) bond motifs is 1. The molecule has 1 heterocycles. The molecule has 1 aliphatic heterocycles. The van der Waals surface area contributed by atoms with E-state index < -0.39 is 10.0 Å². The molecule has 1 atom stereocenters. The van der Waals surface area contributed by atoms with Gasteiger partial charge in [-0.2, -0.15) is 4.31 Å². The van der Waals surface area contributed by atoms with Gasteiger partial charge in [0, 0.05) is 36.7 Å². The largest absolute Gasteiger partial charge is 0.398 e. The van der Waals surface area contributed by atoms with Crippen LogP contribution < -0.4 is 5.73 Å². The van der Waals surface area contributed by atoms with Crippen molar-refractivity contribution in [2.45, 2.75) is 17.4 Å². The number of benzene rings is 2. The van der Waals surface area contributed by atoms with E-state index >= 15 is 0 Å². The molecule has 2 aromatic carbocycles. The summed E-state index contributed by atoms with van der Waals surface area (Å²) >= 11 is 0. The van der Waals surface area contributed by atoms with Gasteiger partial charge in [-0.1, -0.05) is 24.3 Å². The van der Waals surface area contributed by atoms with E-state index in [1.807, 2.05) is 18.2 Å². The zero-order valence-corrected chi connectivity index (χ0v) is 12.6. The van der Waals surface area contributed by atoms with Gasteiger partial charge in [0.05, 0.1) is 11.0 Å². The van der Waals surface area contributed by atoms with Crippen LogP contribution in [0.15, 0.2) is 41.3 Å². The highest BCUT2D eigenvalue weighted by Gasteiger charge is 2.33. The van der Waals surface area contributed by atoms with E-state index in [0.29, 0.717) is 29.1 Å². The molecule has 0 saturated carbocycles. The molecule has 5 nitrogen and oxygen atoms in total. The van der Waals surface area contributed by atoms with Crippen LogP contribution >= 0.6 is 0 Å². The van der Waals surface area contributed by atoms with Crippen molar-refractivity contribution in [2.75, 3.05) is 25.9 Å². The molecule has 112 valence electrons. The molecule has 0 bridgehead atoms. The minimum atomic E-state index is -3.53. The molecule has 2 N–H and O–H groups in total. The quantitative estimate of drug-likeness (QED) is 0.878. The Morgan fingerprint density at radius 2 is 1.90 bits per heavy atom. The van der Waals surface area contributed by atoms with Crippen molar-refractivity contribution >= 4 is 26.5 Å². The summed E-state index contributed by atoms with van der Waals surface area (Å²) in [4.78, 5) is 0.309. The minimum Gasteiger partial charge on any atom is -0.398 e. The van der Waals surface area contributed by atoms with Gasteiger partial charge in [0.2, 0.25) is 10.0 Å². The van der Waals surface area contributed by atoms with Crippen LogP contribution in [0.2, 0.25) is 0 Å². The van der Waals surface area contributed by atoms with Crippen LogP contribution in [-0.2, 0) is 14.8 Å². The number of methoxy groups -OCH3 is 1. The van der Waals surface area contributed by atoms with Gasteiger partial charge in [-0.3, -0.25) is 0 Å². The fourth-order valence-corrected chi connectivity index (χ4v) is 4.45. The monoisotopic (exact) mass is 306 g/mol. The van der Waals surface area contributed by atoms with Gasteiger partial charge in [-0.25, -0.2) is 8.42 Å². The Labute approximate surface area is 124 Å². The van der Waals surface area contributed by atoms with Gasteiger partial charge >= 0.3 is 0 Å². The second-order valence-electron chi connectivity index (χ2n) is 5.21. The van der Waals surface area contributed by atoms with E-state index in [0.717, 1.165) is 11.8 Å². The molecule has 0 amide bonds. The minimum absolute atomic E-state index is 0.0279. The zero-order valence-electron chi connectivity index (χ0n) is 11.8. The molecule has 21 heavy (non-hydrogen) atoms. The lowest BCUT2D eigenvalue weighted by molar-refractivity contribution is 0.115. The first-order chi connectivity index (χ1) is 10.0. The van der Waals surface area contributed by atoms with Crippen LogP contribution in [0.1, 0.15) is 6.42 Å². The predicted octanol–water partition coefficient (Wildman–Crippen LogP) is 1.83. The first-order valence-corrected chi connectivity index (χ1v) is 8.28. The summed E-state index contributed by atoms with van der Waals surface area (Å²) in [6, 6.07) is 10.6. The number of nitrogens with two attached hydrogens (primary N) is 1. The van der Waals surface area contributed by atoms with Crippen LogP contribution in [-0.4, -0.2) is 39.0 Å². The SMILES string of the molecule is COC1CCN(S(=O)(=O)c2ccc(N)c3ccccc23)C1. The van der Waals surface area contributed by atoms with Gasteiger partial charge in [0.25, 0.3) is 0 Å². The second-order valence-corrected chi connectivity index (χ2v) is 7.11. The fourth-order valence-electron chi connectivity index (χ4n) is 2.77. The lowest BCUT2D eigenvalue weighted by Gasteiger charge is -2.18. The highest BCUT2D eigenvalue weighted by Crippen LogP contribution is 2.31. The van der Waals surface area contributed by atoms with Gasteiger partial charge in [0.1, 0.15) is 0 Å². The van der Waals surface area contributed by atoms with Crippen LogP contribution in [0.3, 0.4) is 0 Å². The molecule has 1 aliphatic rings. The normalized spacial score (nSPS) is 20.1. The van der Waals surface area contributed by atoms with Crippen LogP contribution in [0.25, 0.3) is 10.8 Å². The Kier molecular flexibility index (Phi) is 3.61. The number of hydrogen-bond donors (Lipinski definition) is 1. The Morgan fingerprint density at radius 1 is 1.19 bits per heavy atom. The fraction of sp³-hybridized carbons (Fsp3) is 0.333. The summed E-state index contributed by atoms with van der Waals surface area (Å²) in [7, 11) is -1.92. The topological polar surface area (TPSA) is 72.6 Å². The molecule has 2 aromatic rings. The Morgan fingerprint density at radius 3 is 2.57 bits per heavy atom. The van der Waals surface area contributed by atoms with Crippen molar-refractivity contribution in [3.05, 3.63) is 36.4 Å². The molecule has 1 saturated heterocycles.